The van der Waals surface area contributed by atoms with Gasteiger partial charge in [-0.3, -0.25) is 14.5 Å². The van der Waals surface area contributed by atoms with E-state index in [9.17, 15) is 9.59 Å². The standard InChI is InChI=1S/C10H15NO2.3C2H6.Ar/c1-8(2)9(3)6(12)11(5)7(13)10(8,9)4;3*1-2;/h1-5H3;3*1-2H3;. The van der Waals surface area contributed by atoms with Crippen LogP contribution in [-0.2, 0) is 9.59 Å². The summed E-state index contributed by atoms with van der Waals surface area (Å²) >= 11 is 0. The number of hydrogen-bond donors (Lipinski definition) is 0. The first-order valence-electron chi connectivity index (χ1n) is 7.55. The Morgan fingerprint density at radius 3 is 1.05 bits per heavy atom. The molecule has 0 aromatic heterocycles. The summed E-state index contributed by atoms with van der Waals surface area (Å²) in [5.41, 5.74) is -1.11. The van der Waals surface area contributed by atoms with Crippen molar-refractivity contribution in [2.45, 2.75) is 69.2 Å². The topological polar surface area (TPSA) is 37.4 Å². The Kier molecular flexibility index (Phi) is 11.1. The minimum atomic E-state index is -0.466. The van der Waals surface area contributed by atoms with Crippen molar-refractivity contribution in [3.8, 4) is 0 Å². The Balaban J connectivity index is -0.000000368. The molecule has 1 saturated heterocycles. The van der Waals surface area contributed by atoms with E-state index in [1.165, 1.54) is 4.90 Å². The van der Waals surface area contributed by atoms with Gasteiger partial charge in [-0.2, -0.15) is 0 Å². The Bertz CT molecular complexity index is 311. The maximum atomic E-state index is 11.8. The Morgan fingerprint density at radius 1 is 0.700 bits per heavy atom. The van der Waals surface area contributed by atoms with Crippen molar-refractivity contribution in [1.82, 2.24) is 4.90 Å². The monoisotopic (exact) mass is 311 g/mol. The van der Waals surface area contributed by atoms with Crippen molar-refractivity contribution in [1.29, 1.82) is 0 Å². The van der Waals surface area contributed by atoms with Crippen LogP contribution in [0.25, 0.3) is 0 Å². The van der Waals surface area contributed by atoms with E-state index < -0.39 is 10.8 Å². The molecule has 0 radical (unpaired) electrons. The van der Waals surface area contributed by atoms with Gasteiger partial charge in [0.05, 0.1) is 10.8 Å². The first-order valence-corrected chi connectivity index (χ1v) is 7.55. The van der Waals surface area contributed by atoms with Crippen molar-refractivity contribution < 1.29 is 47.3 Å². The molecule has 2 aliphatic rings. The van der Waals surface area contributed by atoms with Gasteiger partial charge in [0.1, 0.15) is 0 Å². The van der Waals surface area contributed by atoms with Gasteiger partial charge in [0, 0.05) is 44.8 Å². The molecule has 1 aliphatic heterocycles. The third-order valence-electron chi connectivity index (χ3n) is 4.90. The second kappa shape index (κ2) is 8.75. The van der Waals surface area contributed by atoms with Crippen molar-refractivity contribution >= 4 is 11.8 Å². The molecule has 2 rings (SSSR count). The van der Waals surface area contributed by atoms with E-state index >= 15 is 0 Å². The van der Waals surface area contributed by atoms with Gasteiger partial charge in [0.25, 0.3) is 0 Å². The molecule has 2 unspecified atom stereocenters. The van der Waals surface area contributed by atoms with Crippen LogP contribution in [0.4, 0.5) is 0 Å². The summed E-state index contributed by atoms with van der Waals surface area (Å²) in [6.45, 7) is 19.8. The van der Waals surface area contributed by atoms with Crippen LogP contribution in [0, 0.1) is 54.0 Å². The summed E-state index contributed by atoms with van der Waals surface area (Å²) < 4.78 is 0. The molecular weight excluding hydrogens is 278 g/mol. The summed E-state index contributed by atoms with van der Waals surface area (Å²) in [7, 11) is 1.57. The van der Waals surface area contributed by atoms with Gasteiger partial charge >= 0.3 is 0 Å². The number of imide groups is 1. The summed E-state index contributed by atoms with van der Waals surface area (Å²) in [6.07, 6.45) is 0. The molecule has 0 N–H and O–H groups in total. The van der Waals surface area contributed by atoms with E-state index in [0.29, 0.717) is 0 Å². The number of fused-ring (bicyclic) bond motifs is 1. The van der Waals surface area contributed by atoms with E-state index in [4.69, 9.17) is 0 Å². The molecule has 0 bridgehead atoms. The van der Waals surface area contributed by atoms with Crippen molar-refractivity contribution in [3.05, 3.63) is 0 Å². The molecule has 20 heavy (non-hydrogen) atoms. The van der Waals surface area contributed by atoms with Crippen molar-refractivity contribution in [2.24, 2.45) is 16.2 Å². The van der Waals surface area contributed by atoms with Gasteiger partial charge < -0.3 is 0 Å². The number of nitrogens with zero attached hydrogens (tertiary/aromatic N) is 1. The average molecular weight is 311 g/mol. The van der Waals surface area contributed by atoms with Crippen molar-refractivity contribution in [2.75, 3.05) is 7.05 Å². The minimum Gasteiger partial charge on any atom is -0.285 e. The fourth-order valence-electron chi connectivity index (χ4n) is 3.07. The third kappa shape index (κ3) is 2.70. The Morgan fingerprint density at radius 2 is 0.900 bits per heavy atom. The molecule has 0 aromatic rings. The van der Waals surface area contributed by atoms with Gasteiger partial charge in [0.15, 0.2) is 0 Å². The maximum Gasteiger partial charge on any atom is 0.236 e. The summed E-state index contributed by atoms with van der Waals surface area (Å²) in [5.74, 6) is -0.0463. The number of hydrogen-bond acceptors (Lipinski definition) is 2. The van der Waals surface area contributed by atoms with E-state index in [1.807, 2.05) is 69.2 Å². The van der Waals surface area contributed by atoms with E-state index in [2.05, 4.69) is 0 Å². The van der Waals surface area contributed by atoms with Crippen LogP contribution in [0.3, 0.4) is 0 Å². The zero-order valence-corrected chi connectivity index (χ0v) is 15.8. The first kappa shape index (κ1) is 25.4. The van der Waals surface area contributed by atoms with Gasteiger partial charge in [-0.15, -0.1) is 0 Å². The predicted octanol–water partition coefficient (Wildman–Crippen LogP) is 4.12. The second-order valence-corrected chi connectivity index (χ2v) is 5.04. The molecule has 2 atom stereocenters. The molecule has 1 aliphatic carbocycles. The zero-order chi connectivity index (χ0) is 16.2. The van der Waals surface area contributed by atoms with Crippen LogP contribution in [-0.4, -0.2) is 23.8 Å². The summed E-state index contributed by atoms with van der Waals surface area (Å²) in [6, 6.07) is 0. The summed E-state index contributed by atoms with van der Waals surface area (Å²) in [5, 5.41) is 0. The fourth-order valence-corrected chi connectivity index (χ4v) is 3.07. The normalized spacial score (nSPS) is 31.2. The van der Waals surface area contributed by atoms with Crippen LogP contribution >= 0.6 is 0 Å². The van der Waals surface area contributed by atoms with Gasteiger partial charge in [-0.25, -0.2) is 0 Å². The van der Waals surface area contributed by atoms with Crippen LogP contribution in [0.15, 0.2) is 0 Å². The molecule has 1 heterocycles. The number of amides is 2. The van der Waals surface area contributed by atoms with Crippen LogP contribution in [0.2, 0.25) is 0 Å². The average Bonchev–Trinajstić information content (AvgIpc) is 2.77. The van der Waals surface area contributed by atoms with E-state index in [0.717, 1.165) is 0 Å². The van der Waals surface area contributed by atoms with Crippen LogP contribution < -0.4 is 0 Å². The Hall–Kier alpha value is 0.400. The molecule has 0 aromatic carbocycles. The fraction of sp³-hybridized carbons (Fsp3) is 0.875. The minimum absolute atomic E-state index is 0. The molecule has 1 saturated carbocycles. The number of piperidine rings is 1. The van der Waals surface area contributed by atoms with Gasteiger partial charge in [-0.1, -0.05) is 55.4 Å². The van der Waals surface area contributed by atoms with Gasteiger partial charge in [-0.05, 0) is 19.3 Å². The molecule has 122 valence electrons. The molecule has 4 heteroatoms. The molecular formula is C16H33ArNO2. The molecule has 0 spiro atoms. The van der Waals surface area contributed by atoms with Gasteiger partial charge in [0.2, 0.25) is 11.8 Å². The van der Waals surface area contributed by atoms with Crippen LogP contribution in [0.5, 0.6) is 0 Å². The van der Waals surface area contributed by atoms with Crippen LogP contribution in [0.1, 0.15) is 69.2 Å². The zero-order valence-electron chi connectivity index (χ0n) is 15.1. The number of carbonyl (C=O) groups is 2. The predicted molar refractivity (Wildman–Crippen MR) is 81.8 cm³/mol. The second-order valence-electron chi connectivity index (χ2n) is 5.04. The molecule has 3 nitrogen and oxygen atoms in total. The van der Waals surface area contributed by atoms with E-state index in [1.54, 1.807) is 7.05 Å². The molecule has 2 amide bonds. The first-order chi connectivity index (χ1) is 8.73. The van der Waals surface area contributed by atoms with E-state index in [-0.39, 0.29) is 55.0 Å². The Labute approximate surface area is 155 Å². The van der Waals surface area contributed by atoms with Crippen molar-refractivity contribution in [3.63, 3.8) is 0 Å². The third-order valence-corrected chi connectivity index (χ3v) is 4.90. The SMILES string of the molecule is CC.CC.CC.CN1C(=O)C2(C)C(C)(C)C2(C)C1=O.[Ar]. The quantitative estimate of drug-likeness (QED) is 0.631. The number of carbonyl (C=O) groups excluding carboxylic acids is 2. The molecule has 2 fully saturated rings. The number of rotatable bonds is 0. The summed E-state index contributed by atoms with van der Waals surface area (Å²) in [4.78, 5) is 24.9. The smallest absolute Gasteiger partial charge is 0.236 e. The number of likely N-dealkylation sites (tertiary alicyclic amines) is 1. The maximum absolute atomic E-state index is 11.8. The largest absolute Gasteiger partial charge is 0.285 e.